The van der Waals surface area contributed by atoms with Crippen molar-refractivity contribution in [2.24, 2.45) is 5.92 Å². The van der Waals surface area contributed by atoms with Crippen LogP contribution in [0.4, 0.5) is 11.4 Å². The van der Waals surface area contributed by atoms with E-state index in [9.17, 15) is 18.0 Å². The highest BCUT2D eigenvalue weighted by Crippen LogP contribution is 2.36. The van der Waals surface area contributed by atoms with Crippen LogP contribution in [0.2, 0.25) is 0 Å². The van der Waals surface area contributed by atoms with Gasteiger partial charge >= 0.3 is 0 Å². The molecule has 174 valence electrons. The number of sulfonamides is 1. The number of hydrogen-bond donors (Lipinski definition) is 1. The summed E-state index contributed by atoms with van der Waals surface area (Å²) in [5.74, 6) is 0.186. The van der Waals surface area contributed by atoms with Gasteiger partial charge in [-0.05, 0) is 43.2 Å². The van der Waals surface area contributed by atoms with Crippen molar-refractivity contribution in [1.29, 1.82) is 0 Å². The maximum absolute atomic E-state index is 12.9. The van der Waals surface area contributed by atoms with Gasteiger partial charge in [-0.3, -0.25) is 9.59 Å². The first-order valence-corrected chi connectivity index (χ1v) is 12.5. The van der Waals surface area contributed by atoms with Crippen molar-refractivity contribution < 1.29 is 27.5 Å². The summed E-state index contributed by atoms with van der Waals surface area (Å²) < 4.78 is 38.2. The highest BCUT2D eigenvalue weighted by Gasteiger charge is 2.36. The molecule has 1 N–H and O–H groups in total. The molecular weight excluding hydrogens is 446 g/mol. The zero-order valence-corrected chi connectivity index (χ0v) is 18.8. The minimum Gasteiger partial charge on any atom is -0.486 e. The molecule has 3 heterocycles. The Morgan fingerprint density at radius 1 is 1.00 bits per heavy atom. The van der Waals surface area contributed by atoms with Crippen LogP contribution >= 0.6 is 0 Å². The fraction of sp³-hybridized carbons (Fsp3) is 0.391. The van der Waals surface area contributed by atoms with Gasteiger partial charge in [-0.15, -0.1) is 0 Å². The van der Waals surface area contributed by atoms with Crippen LogP contribution in [0.5, 0.6) is 11.5 Å². The lowest BCUT2D eigenvalue weighted by Gasteiger charge is -2.22. The van der Waals surface area contributed by atoms with Crippen LogP contribution in [0.1, 0.15) is 19.3 Å². The maximum Gasteiger partial charge on any atom is 0.243 e. The largest absolute Gasteiger partial charge is 0.486 e. The van der Waals surface area contributed by atoms with Gasteiger partial charge < -0.3 is 19.7 Å². The number of rotatable bonds is 5. The summed E-state index contributed by atoms with van der Waals surface area (Å²) in [7, 11) is -3.58. The first-order valence-electron chi connectivity index (χ1n) is 11.0. The summed E-state index contributed by atoms with van der Waals surface area (Å²) in [5, 5.41) is 2.78. The molecule has 1 atom stereocenters. The van der Waals surface area contributed by atoms with Crippen molar-refractivity contribution in [3.05, 3.63) is 42.5 Å². The lowest BCUT2D eigenvalue weighted by Crippen LogP contribution is -2.29. The van der Waals surface area contributed by atoms with Gasteiger partial charge in [0.25, 0.3) is 0 Å². The molecule has 2 aromatic rings. The van der Waals surface area contributed by atoms with E-state index in [-0.39, 0.29) is 29.7 Å². The smallest absolute Gasteiger partial charge is 0.243 e. The zero-order valence-electron chi connectivity index (χ0n) is 18.0. The molecule has 2 aromatic carbocycles. The maximum atomic E-state index is 12.9. The Morgan fingerprint density at radius 3 is 2.55 bits per heavy atom. The van der Waals surface area contributed by atoms with Gasteiger partial charge in [0, 0.05) is 43.5 Å². The zero-order chi connectivity index (χ0) is 23.0. The molecule has 0 unspecified atom stereocenters. The second-order valence-electron chi connectivity index (χ2n) is 8.36. The fourth-order valence-corrected chi connectivity index (χ4v) is 5.95. The van der Waals surface area contributed by atoms with Gasteiger partial charge in [-0.25, -0.2) is 8.42 Å². The Bertz CT molecular complexity index is 1190. The van der Waals surface area contributed by atoms with Crippen molar-refractivity contribution in [2.75, 3.05) is 43.1 Å². The van der Waals surface area contributed by atoms with Crippen molar-refractivity contribution in [1.82, 2.24) is 4.31 Å². The van der Waals surface area contributed by atoms with Crippen molar-refractivity contribution >= 4 is 33.2 Å². The number of ether oxygens (including phenoxy) is 2. The van der Waals surface area contributed by atoms with E-state index in [1.807, 2.05) is 0 Å². The van der Waals surface area contributed by atoms with Crippen molar-refractivity contribution in [3.63, 3.8) is 0 Å². The summed E-state index contributed by atoms with van der Waals surface area (Å²) in [6.45, 7) is 2.19. The van der Waals surface area contributed by atoms with Gasteiger partial charge in [0.05, 0.1) is 10.8 Å². The number of nitrogens with one attached hydrogen (secondary N) is 1. The predicted octanol–water partition coefficient (Wildman–Crippen LogP) is 2.23. The molecule has 33 heavy (non-hydrogen) atoms. The third kappa shape index (κ3) is 4.28. The SMILES string of the molecule is O=C(Nc1cccc(S(=O)(=O)N2CCCC2)c1)[C@H]1CC(=O)N(c2ccc3c(c2)OCCO3)C1. The summed E-state index contributed by atoms with van der Waals surface area (Å²) in [5.41, 5.74) is 1.05. The second-order valence-corrected chi connectivity index (χ2v) is 10.3. The quantitative estimate of drug-likeness (QED) is 0.717. The molecule has 0 bridgehead atoms. The van der Waals surface area contributed by atoms with E-state index >= 15 is 0 Å². The van der Waals surface area contributed by atoms with Gasteiger partial charge in [0.1, 0.15) is 13.2 Å². The minimum absolute atomic E-state index is 0.0754. The van der Waals surface area contributed by atoms with E-state index in [4.69, 9.17) is 9.47 Å². The first-order chi connectivity index (χ1) is 15.9. The van der Waals surface area contributed by atoms with Crippen LogP contribution < -0.4 is 19.7 Å². The number of amides is 2. The molecular formula is C23H25N3O6S. The molecule has 0 saturated carbocycles. The lowest BCUT2D eigenvalue weighted by molar-refractivity contribution is -0.122. The highest BCUT2D eigenvalue weighted by atomic mass is 32.2. The topological polar surface area (TPSA) is 105 Å². The van der Waals surface area contributed by atoms with Gasteiger partial charge in [-0.1, -0.05) is 6.07 Å². The molecule has 0 spiro atoms. The Hall–Kier alpha value is -3.11. The van der Waals surface area contributed by atoms with Crippen LogP contribution in [-0.2, 0) is 19.6 Å². The minimum atomic E-state index is -3.58. The summed E-state index contributed by atoms with van der Waals surface area (Å²) >= 11 is 0. The van der Waals surface area contributed by atoms with Crippen molar-refractivity contribution in [3.8, 4) is 11.5 Å². The van der Waals surface area contributed by atoms with E-state index < -0.39 is 15.9 Å². The molecule has 2 amide bonds. The van der Waals surface area contributed by atoms with Gasteiger partial charge in [0.2, 0.25) is 21.8 Å². The number of anilines is 2. The molecule has 9 nitrogen and oxygen atoms in total. The summed E-state index contributed by atoms with van der Waals surface area (Å²) in [6, 6.07) is 11.6. The van der Waals surface area contributed by atoms with E-state index in [0.717, 1.165) is 12.8 Å². The fourth-order valence-electron chi connectivity index (χ4n) is 4.39. The monoisotopic (exact) mass is 471 g/mol. The molecule has 3 aliphatic heterocycles. The Balaban J connectivity index is 1.28. The van der Waals surface area contributed by atoms with E-state index in [0.29, 0.717) is 49.2 Å². The average Bonchev–Trinajstić information content (AvgIpc) is 3.50. The number of benzene rings is 2. The second kappa shape index (κ2) is 8.68. The van der Waals surface area contributed by atoms with Gasteiger partial charge in [0.15, 0.2) is 11.5 Å². The first kappa shape index (κ1) is 21.7. The summed E-state index contributed by atoms with van der Waals surface area (Å²) in [6.07, 6.45) is 1.78. The number of fused-ring (bicyclic) bond motifs is 1. The Kier molecular flexibility index (Phi) is 5.71. The third-order valence-electron chi connectivity index (χ3n) is 6.14. The predicted molar refractivity (Wildman–Crippen MR) is 121 cm³/mol. The molecule has 3 aliphatic rings. The number of nitrogens with zero attached hydrogens (tertiary/aromatic N) is 2. The van der Waals surface area contributed by atoms with E-state index in [1.165, 1.54) is 16.4 Å². The molecule has 10 heteroatoms. The van der Waals surface area contributed by atoms with E-state index in [1.54, 1.807) is 35.2 Å². The van der Waals surface area contributed by atoms with E-state index in [2.05, 4.69) is 5.32 Å². The number of carbonyl (C=O) groups is 2. The number of hydrogen-bond acceptors (Lipinski definition) is 6. The Labute approximate surface area is 192 Å². The normalized spacial score (nSPS) is 20.8. The molecule has 2 fully saturated rings. The lowest BCUT2D eigenvalue weighted by atomic mass is 10.1. The van der Waals surface area contributed by atoms with Gasteiger partial charge in [-0.2, -0.15) is 4.31 Å². The third-order valence-corrected chi connectivity index (χ3v) is 8.03. The molecule has 5 rings (SSSR count). The standard InChI is InChI=1S/C23H25N3O6S/c27-22-12-16(15-26(22)18-6-7-20-21(14-18)32-11-10-31-20)23(28)24-17-4-3-5-19(13-17)33(29,30)25-8-1-2-9-25/h3-7,13-14,16H,1-2,8-12,15H2,(H,24,28)/t16-/m0/s1. The molecule has 0 aromatic heterocycles. The Morgan fingerprint density at radius 2 is 1.76 bits per heavy atom. The average molecular weight is 472 g/mol. The van der Waals surface area contributed by atoms with Crippen LogP contribution in [0.3, 0.4) is 0 Å². The van der Waals surface area contributed by atoms with Crippen LogP contribution in [-0.4, -0.2) is 57.4 Å². The highest BCUT2D eigenvalue weighted by molar-refractivity contribution is 7.89. The molecule has 0 radical (unpaired) electrons. The van der Waals surface area contributed by atoms with Crippen molar-refractivity contribution in [2.45, 2.75) is 24.2 Å². The molecule has 2 saturated heterocycles. The van der Waals surface area contributed by atoms with Crippen LogP contribution in [0.15, 0.2) is 47.4 Å². The van der Waals surface area contributed by atoms with Crippen LogP contribution in [0.25, 0.3) is 0 Å². The molecule has 0 aliphatic carbocycles. The summed E-state index contributed by atoms with van der Waals surface area (Å²) in [4.78, 5) is 27.2. The number of carbonyl (C=O) groups excluding carboxylic acids is 2. The van der Waals surface area contributed by atoms with Crippen LogP contribution in [0, 0.1) is 5.92 Å².